The molecule has 0 spiro atoms. The molecule has 5 N–H and O–H groups in total. The summed E-state index contributed by atoms with van der Waals surface area (Å²) in [5.41, 5.74) is 1.47. The topological polar surface area (TPSA) is 187 Å². The number of benzene rings is 1. The fraction of sp³-hybridized carbons (Fsp3) is 0.657. The number of ether oxygens (including phenoxy) is 2. The van der Waals surface area contributed by atoms with Crippen molar-refractivity contribution in [2.24, 2.45) is 5.92 Å². The number of carbonyl (C=O) groups excluding carboxylic acids is 4. The Kier molecular flexibility index (Phi) is 11.4. The van der Waals surface area contributed by atoms with Crippen LogP contribution in [-0.2, 0) is 23.6 Å². The van der Waals surface area contributed by atoms with Gasteiger partial charge in [-0.3, -0.25) is 19.5 Å². The van der Waals surface area contributed by atoms with Crippen molar-refractivity contribution in [2.45, 2.75) is 119 Å². The van der Waals surface area contributed by atoms with Crippen molar-refractivity contribution >= 4 is 43.0 Å². The highest BCUT2D eigenvalue weighted by atomic mass is 31.2. The quantitative estimate of drug-likeness (QED) is 0.203. The van der Waals surface area contributed by atoms with Gasteiger partial charge in [-0.25, -0.2) is 9.59 Å². The van der Waals surface area contributed by atoms with Gasteiger partial charge in [0.05, 0.1) is 17.9 Å². The van der Waals surface area contributed by atoms with Crippen molar-refractivity contribution in [3.63, 3.8) is 0 Å². The van der Waals surface area contributed by atoms with Crippen LogP contribution in [0, 0.1) is 5.92 Å². The van der Waals surface area contributed by atoms with Crippen LogP contribution < -0.4 is 20.9 Å². The second-order valence-corrected chi connectivity index (χ2v) is 16.2. The number of anilines is 2. The van der Waals surface area contributed by atoms with Crippen LogP contribution in [-0.4, -0.2) is 87.9 Å². The molecule has 6 rings (SSSR count). The minimum Gasteiger partial charge on any atom is -0.446 e. The highest BCUT2D eigenvalue weighted by molar-refractivity contribution is 7.54. The van der Waals surface area contributed by atoms with Crippen LogP contribution in [0.4, 0.5) is 21.0 Å². The number of fused-ring (bicyclic) bond motifs is 2. The van der Waals surface area contributed by atoms with Crippen molar-refractivity contribution in [3.8, 4) is 0 Å². The molecule has 14 nitrogen and oxygen atoms in total. The molecule has 1 aromatic carbocycles. The third kappa shape index (κ3) is 8.46. The van der Waals surface area contributed by atoms with Crippen molar-refractivity contribution in [1.29, 1.82) is 0 Å². The van der Waals surface area contributed by atoms with Crippen molar-refractivity contribution in [2.75, 3.05) is 29.9 Å². The Hall–Kier alpha value is -3.61. The maximum absolute atomic E-state index is 14.2. The van der Waals surface area contributed by atoms with E-state index in [4.69, 9.17) is 9.47 Å². The van der Waals surface area contributed by atoms with E-state index in [1.807, 2.05) is 24.3 Å². The number of nitrogens with one attached hydrogen (secondary N) is 3. The van der Waals surface area contributed by atoms with Crippen LogP contribution in [0.3, 0.4) is 0 Å². The van der Waals surface area contributed by atoms with Gasteiger partial charge in [-0.1, -0.05) is 37.1 Å². The number of amides is 4. The SMILES string of the molecule is O=C(N[C@H]1CCCCC/C=C\[C@@H]2C[C@@]2(P(=O)(O)O)NC(=O)[C@@H]2C[C@@H](OC(=O)Nc3ccccc3N3CCCCC3)CN2C1=O)OC1CCCC1. The monoisotopic (exact) mass is 715 g/mol. The van der Waals surface area contributed by atoms with Gasteiger partial charge in [0.15, 0.2) is 0 Å². The van der Waals surface area contributed by atoms with Crippen LogP contribution in [0.15, 0.2) is 36.4 Å². The summed E-state index contributed by atoms with van der Waals surface area (Å²) < 4.78 is 24.1. The molecule has 3 heterocycles. The Bertz CT molecular complexity index is 1490. The van der Waals surface area contributed by atoms with Gasteiger partial charge in [-0.05, 0) is 82.8 Å². The zero-order valence-corrected chi connectivity index (χ0v) is 29.4. The summed E-state index contributed by atoms with van der Waals surface area (Å²) >= 11 is 0. The molecule has 2 saturated heterocycles. The number of alkyl carbamates (subject to hydrolysis) is 1. The van der Waals surface area contributed by atoms with E-state index >= 15 is 0 Å². The molecule has 0 aromatic heterocycles. The van der Waals surface area contributed by atoms with Gasteiger partial charge in [-0.15, -0.1) is 0 Å². The molecule has 50 heavy (non-hydrogen) atoms. The lowest BCUT2D eigenvalue weighted by molar-refractivity contribution is -0.140. The number of hydrogen-bond donors (Lipinski definition) is 5. The highest BCUT2D eigenvalue weighted by Crippen LogP contribution is 2.67. The summed E-state index contributed by atoms with van der Waals surface area (Å²) in [6, 6.07) is 5.26. The molecule has 15 heteroatoms. The molecule has 4 fully saturated rings. The second-order valence-electron chi connectivity index (χ2n) is 14.3. The largest absolute Gasteiger partial charge is 0.446 e. The van der Waals surface area contributed by atoms with Crippen molar-refractivity contribution in [3.05, 3.63) is 36.4 Å². The molecule has 2 saturated carbocycles. The first-order valence-corrected chi connectivity index (χ1v) is 19.8. The van der Waals surface area contributed by atoms with E-state index in [1.54, 1.807) is 12.1 Å². The van der Waals surface area contributed by atoms with Crippen LogP contribution in [0.5, 0.6) is 0 Å². The molecule has 3 aliphatic heterocycles. The van der Waals surface area contributed by atoms with E-state index in [-0.39, 0.29) is 25.5 Å². The predicted molar refractivity (Wildman–Crippen MR) is 185 cm³/mol. The normalized spacial score (nSPS) is 30.2. The Labute approximate surface area is 292 Å². The van der Waals surface area contributed by atoms with E-state index in [9.17, 15) is 33.5 Å². The highest BCUT2D eigenvalue weighted by Gasteiger charge is 2.66. The van der Waals surface area contributed by atoms with Gasteiger partial charge in [0.1, 0.15) is 29.6 Å². The molecule has 0 bridgehead atoms. The minimum atomic E-state index is -4.80. The lowest BCUT2D eigenvalue weighted by Gasteiger charge is -2.30. The molecule has 5 atom stereocenters. The van der Waals surface area contributed by atoms with Gasteiger partial charge in [0.2, 0.25) is 11.8 Å². The van der Waals surface area contributed by atoms with Crippen LogP contribution in [0.25, 0.3) is 0 Å². The summed E-state index contributed by atoms with van der Waals surface area (Å²) in [5.74, 6) is -1.84. The Balaban J connectivity index is 1.21. The number of rotatable bonds is 6. The third-order valence-corrected chi connectivity index (χ3v) is 12.4. The number of allylic oxidation sites excluding steroid dienone is 1. The molecule has 2 aliphatic carbocycles. The van der Waals surface area contributed by atoms with Crippen molar-refractivity contribution < 1.29 is 43.0 Å². The molecular formula is C35H50N5O9P. The smallest absolute Gasteiger partial charge is 0.412 e. The molecule has 5 aliphatic rings. The first kappa shape index (κ1) is 36.2. The summed E-state index contributed by atoms with van der Waals surface area (Å²) in [4.78, 5) is 78.6. The number of para-hydroxylation sites is 2. The Morgan fingerprint density at radius 2 is 1.60 bits per heavy atom. The fourth-order valence-electron chi connectivity index (χ4n) is 7.85. The number of nitrogens with zero attached hydrogens (tertiary/aromatic N) is 2. The molecule has 274 valence electrons. The van der Waals surface area contributed by atoms with E-state index < -0.39 is 61.0 Å². The van der Waals surface area contributed by atoms with Crippen LogP contribution in [0.2, 0.25) is 0 Å². The lowest BCUT2D eigenvalue weighted by Crippen LogP contribution is -2.55. The standard InChI is InChI=1S/C35H50N5O9P/c41-31-30-21-26(49-33(43)36-27-16-9-10-18-29(27)39-19-11-4-12-20-39)23-40(30)32(42)28(37-34(44)48-25-14-7-8-15-25)17-6-3-1-2-5-13-24-22-35(24,38-31)50(45,46)47/h5,9-10,13,16,18,24-26,28,30H,1-4,6-8,11-12,14-15,17,19-23H2,(H,36,43)(H,37,44)(H,38,41)(H2,45,46,47)/b13-5-/t24-,26-,28+,30+,35+/m1/s1. The van der Waals surface area contributed by atoms with Gasteiger partial charge in [0.25, 0.3) is 0 Å². The minimum absolute atomic E-state index is 0.0656. The van der Waals surface area contributed by atoms with Gasteiger partial charge >= 0.3 is 19.8 Å². The summed E-state index contributed by atoms with van der Waals surface area (Å²) in [6.07, 6.45) is 10.9. The molecule has 0 radical (unpaired) electrons. The Morgan fingerprint density at radius 1 is 0.900 bits per heavy atom. The first-order chi connectivity index (χ1) is 24.0. The molecule has 1 aromatic rings. The zero-order valence-electron chi connectivity index (χ0n) is 28.5. The van der Waals surface area contributed by atoms with E-state index in [0.29, 0.717) is 24.9 Å². The maximum atomic E-state index is 14.2. The Morgan fingerprint density at radius 3 is 2.36 bits per heavy atom. The summed E-state index contributed by atoms with van der Waals surface area (Å²) in [5, 5.41) is 6.42. The van der Waals surface area contributed by atoms with E-state index in [1.165, 1.54) is 4.90 Å². The number of piperidine rings is 1. The second kappa shape index (κ2) is 15.7. The predicted octanol–water partition coefficient (Wildman–Crippen LogP) is 4.76. The van der Waals surface area contributed by atoms with Gasteiger partial charge in [-0.2, -0.15) is 0 Å². The van der Waals surface area contributed by atoms with Gasteiger partial charge < -0.3 is 39.7 Å². The van der Waals surface area contributed by atoms with Crippen LogP contribution in [0.1, 0.15) is 89.9 Å². The third-order valence-electron chi connectivity index (χ3n) is 10.7. The molecule has 0 unspecified atom stereocenters. The van der Waals surface area contributed by atoms with Gasteiger partial charge in [0, 0.05) is 25.4 Å². The lowest BCUT2D eigenvalue weighted by atomic mass is 10.0. The average molecular weight is 716 g/mol. The van der Waals surface area contributed by atoms with Crippen molar-refractivity contribution in [1.82, 2.24) is 15.5 Å². The molecule has 4 amide bonds. The zero-order chi connectivity index (χ0) is 35.3. The average Bonchev–Trinajstić information content (AvgIpc) is 3.36. The fourth-order valence-corrected chi connectivity index (χ4v) is 9.06. The number of hydrogen-bond acceptors (Lipinski definition) is 8. The maximum Gasteiger partial charge on any atom is 0.412 e. The summed E-state index contributed by atoms with van der Waals surface area (Å²) in [7, 11) is -4.80. The van der Waals surface area contributed by atoms with Crippen LogP contribution >= 0.6 is 7.60 Å². The van der Waals surface area contributed by atoms with E-state index in [2.05, 4.69) is 20.9 Å². The van der Waals surface area contributed by atoms with E-state index in [0.717, 1.165) is 76.6 Å². The number of carbonyl (C=O) groups is 4. The summed E-state index contributed by atoms with van der Waals surface area (Å²) in [6.45, 7) is 1.61. The first-order valence-electron chi connectivity index (χ1n) is 18.2. The molecular weight excluding hydrogens is 665 g/mol.